The van der Waals surface area contributed by atoms with Gasteiger partial charge in [-0.15, -0.1) is 11.3 Å². The first-order chi connectivity index (χ1) is 14.9. The van der Waals surface area contributed by atoms with Crippen LogP contribution >= 0.6 is 11.3 Å². The zero-order valence-electron chi connectivity index (χ0n) is 16.2. The lowest BCUT2D eigenvalue weighted by Crippen LogP contribution is -2.23. The maximum absolute atomic E-state index is 12.2. The lowest BCUT2D eigenvalue weighted by atomic mass is 10.2. The number of thiophene rings is 1. The molecule has 1 aliphatic heterocycles. The van der Waals surface area contributed by atoms with Gasteiger partial charge in [0.25, 0.3) is 15.9 Å². The van der Waals surface area contributed by atoms with Gasteiger partial charge in [0.15, 0.2) is 0 Å². The van der Waals surface area contributed by atoms with E-state index in [0.717, 1.165) is 0 Å². The van der Waals surface area contributed by atoms with Gasteiger partial charge in [-0.05, 0) is 47.8 Å². The monoisotopic (exact) mass is 454 g/mol. The van der Waals surface area contributed by atoms with E-state index in [9.17, 15) is 18.0 Å². The van der Waals surface area contributed by atoms with Gasteiger partial charge in [0.2, 0.25) is 5.91 Å². The van der Waals surface area contributed by atoms with Gasteiger partial charge in [0, 0.05) is 23.4 Å². The van der Waals surface area contributed by atoms with Crippen molar-refractivity contribution in [2.75, 3.05) is 17.2 Å². The minimum absolute atomic E-state index is 0.0876. The average Bonchev–Trinajstić information content (AvgIpc) is 3.37. The van der Waals surface area contributed by atoms with E-state index in [0.29, 0.717) is 21.8 Å². The summed E-state index contributed by atoms with van der Waals surface area (Å²) < 4.78 is 26.5. The van der Waals surface area contributed by atoms with Crippen LogP contribution in [0.25, 0.3) is 0 Å². The van der Waals surface area contributed by atoms with Crippen LogP contribution in [0.5, 0.6) is 0 Å². The van der Waals surface area contributed by atoms with Gasteiger partial charge in [-0.3, -0.25) is 19.3 Å². The molecular formula is C21H18N4O4S2. The summed E-state index contributed by atoms with van der Waals surface area (Å²) in [5, 5.41) is 7.38. The predicted octanol–water partition coefficient (Wildman–Crippen LogP) is 3.07. The minimum Gasteiger partial charge on any atom is -0.326 e. The molecule has 8 nitrogen and oxygen atoms in total. The van der Waals surface area contributed by atoms with Crippen molar-refractivity contribution >= 4 is 50.4 Å². The highest BCUT2D eigenvalue weighted by Crippen LogP contribution is 2.22. The van der Waals surface area contributed by atoms with E-state index < -0.39 is 10.0 Å². The highest BCUT2D eigenvalue weighted by Gasteiger charge is 2.29. The van der Waals surface area contributed by atoms with Crippen molar-refractivity contribution in [3.63, 3.8) is 0 Å². The summed E-state index contributed by atoms with van der Waals surface area (Å²) in [5.74, 6) is -0.196. The van der Waals surface area contributed by atoms with E-state index >= 15 is 0 Å². The third-order valence-electron chi connectivity index (χ3n) is 4.44. The van der Waals surface area contributed by atoms with Crippen molar-refractivity contribution in [2.24, 2.45) is 4.99 Å². The number of sulfonamides is 1. The number of hydrogen-bond acceptors (Lipinski definition) is 6. The number of fused-ring (bicyclic) bond motifs is 1. The zero-order chi connectivity index (χ0) is 21.8. The Labute approximate surface area is 183 Å². The lowest BCUT2D eigenvalue weighted by molar-refractivity contribution is -0.116. The molecule has 3 N–H and O–H groups in total. The Bertz CT molecular complexity index is 1250. The van der Waals surface area contributed by atoms with Crippen LogP contribution in [-0.4, -0.2) is 32.6 Å². The van der Waals surface area contributed by atoms with Crippen molar-refractivity contribution in [3.05, 3.63) is 76.5 Å². The molecule has 2 aromatic carbocycles. The summed E-state index contributed by atoms with van der Waals surface area (Å²) in [6, 6.07) is 16.9. The number of hydrogen-bond donors (Lipinski definition) is 3. The van der Waals surface area contributed by atoms with E-state index in [2.05, 4.69) is 20.3 Å². The van der Waals surface area contributed by atoms with E-state index in [4.69, 9.17) is 0 Å². The zero-order valence-corrected chi connectivity index (χ0v) is 17.8. The molecule has 0 bridgehead atoms. The van der Waals surface area contributed by atoms with Crippen LogP contribution in [0.2, 0.25) is 0 Å². The smallest absolute Gasteiger partial charge is 0.265 e. The van der Waals surface area contributed by atoms with Crippen LogP contribution in [0, 0.1) is 0 Å². The Kier molecular flexibility index (Phi) is 5.83. The van der Waals surface area contributed by atoms with Gasteiger partial charge >= 0.3 is 0 Å². The summed E-state index contributed by atoms with van der Waals surface area (Å²) >= 11 is 1.36. The fourth-order valence-electron chi connectivity index (χ4n) is 2.98. The molecule has 3 aromatic rings. The summed E-state index contributed by atoms with van der Waals surface area (Å²) in [5.41, 5.74) is 1.71. The minimum atomic E-state index is -3.59. The van der Waals surface area contributed by atoms with Crippen LogP contribution in [0.15, 0.2) is 75.9 Å². The maximum atomic E-state index is 12.2. The molecule has 0 unspecified atom stereocenters. The molecule has 0 aliphatic carbocycles. The van der Waals surface area contributed by atoms with Gasteiger partial charge in [0.05, 0.1) is 16.3 Å². The average molecular weight is 455 g/mol. The summed E-state index contributed by atoms with van der Waals surface area (Å²) in [7, 11) is -3.59. The van der Waals surface area contributed by atoms with E-state index in [1.807, 2.05) is 11.4 Å². The molecule has 31 heavy (non-hydrogen) atoms. The Morgan fingerprint density at radius 3 is 2.35 bits per heavy atom. The summed E-state index contributed by atoms with van der Waals surface area (Å²) in [6.07, 6.45) is 0.0876. The third-order valence-corrected chi connectivity index (χ3v) is 6.71. The topological polar surface area (TPSA) is 117 Å². The molecule has 0 radical (unpaired) electrons. The second-order valence-electron chi connectivity index (χ2n) is 6.64. The van der Waals surface area contributed by atoms with Crippen molar-refractivity contribution in [3.8, 4) is 0 Å². The van der Waals surface area contributed by atoms with Crippen molar-refractivity contribution in [1.82, 2.24) is 4.72 Å². The Balaban J connectivity index is 1.30. The first kappa shape index (κ1) is 20.8. The highest BCUT2D eigenvalue weighted by atomic mass is 32.2. The van der Waals surface area contributed by atoms with Crippen LogP contribution < -0.4 is 15.4 Å². The number of rotatable bonds is 6. The molecule has 1 aromatic heterocycles. The van der Waals surface area contributed by atoms with Crippen molar-refractivity contribution in [2.45, 2.75) is 11.3 Å². The molecule has 0 atom stereocenters. The largest absolute Gasteiger partial charge is 0.326 e. The quantitative estimate of drug-likeness (QED) is 0.531. The van der Waals surface area contributed by atoms with Gasteiger partial charge in [0.1, 0.15) is 5.84 Å². The molecule has 0 saturated carbocycles. The molecule has 4 rings (SSSR count). The van der Waals surface area contributed by atoms with Crippen LogP contribution in [0.1, 0.15) is 21.7 Å². The normalized spacial score (nSPS) is 15.2. The van der Waals surface area contributed by atoms with Gasteiger partial charge in [-0.1, -0.05) is 18.2 Å². The molecule has 0 spiro atoms. The Hall–Kier alpha value is -3.50. The standard InChI is InChI=1S/C21H18N4O4S2/c26-19(11-12-22-20-16-4-1-2-6-18(16)31(28,29)25-20)23-14-7-9-15(10-8-14)24-21(27)17-5-3-13-30-17/h1-10,13H,11-12H2,(H,22,25)(H,23,26)(H,24,27). The van der Waals surface area contributed by atoms with Crippen LogP contribution in [0.3, 0.4) is 0 Å². The van der Waals surface area contributed by atoms with E-state index in [1.54, 1.807) is 48.5 Å². The molecule has 2 amide bonds. The van der Waals surface area contributed by atoms with Gasteiger partial charge in [-0.25, -0.2) is 8.42 Å². The summed E-state index contributed by atoms with van der Waals surface area (Å²) in [6.45, 7) is 0.132. The maximum Gasteiger partial charge on any atom is 0.265 e. The molecular weight excluding hydrogens is 436 g/mol. The lowest BCUT2D eigenvalue weighted by Gasteiger charge is -2.07. The second kappa shape index (κ2) is 8.70. The number of nitrogens with zero attached hydrogens (tertiary/aromatic N) is 1. The number of aliphatic imine (C=N–C) groups is 1. The molecule has 10 heteroatoms. The molecule has 0 saturated heterocycles. The highest BCUT2D eigenvalue weighted by molar-refractivity contribution is 7.90. The second-order valence-corrected chi connectivity index (χ2v) is 9.24. The molecule has 2 heterocycles. The fraction of sp³-hybridized carbons (Fsp3) is 0.0952. The number of benzene rings is 2. The van der Waals surface area contributed by atoms with Gasteiger partial charge in [-0.2, -0.15) is 0 Å². The van der Waals surface area contributed by atoms with Crippen molar-refractivity contribution < 1.29 is 18.0 Å². The third kappa shape index (κ3) is 4.81. The number of anilines is 2. The number of nitrogens with one attached hydrogen (secondary N) is 3. The van der Waals surface area contributed by atoms with E-state index in [-0.39, 0.29) is 35.5 Å². The predicted molar refractivity (Wildman–Crippen MR) is 120 cm³/mol. The molecule has 1 aliphatic rings. The Morgan fingerprint density at radius 1 is 0.935 bits per heavy atom. The van der Waals surface area contributed by atoms with E-state index in [1.165, 1.54) is 17.4 Å². The number of carbonyl (C=O) groups is 2. The first-order valence-corrected chi connectivity index (χ1v) is 11.7. The van der Waals surface area contributed by atoms with Crippen LogP contribution in [0.4, 0.5) is 11.4 Å². The number of carbonyl (C=O) groups excluding carboxylic acids is 2. The molecule has 158 valence electrons. The fourth-order valence-corrected chi connectivity index (χ4v) is 4.85. The Morgan fingerprint density at radius 2 is 1.65 bits per heavy atom. The first-order valence-electron chi connectivity index (χ1n) is 9.34. The SMILES string of the molecule is O=C(CCN=C1NS(=O)(=O)c2ccccc21)Nc1ccc(NC(=O)c2cccs2)cc1. The number of amides is 2. The van der Waals surface area contributed by atoms with Gasteiger partial charge < -0.3 is 10.6 Å². The summed E-state index contributed by atoms with van der Waals surface area (Å²) in [4.78, 5) is 29.3. The van der Waals surface area contributed by atoms with Crippen LogP contribution in [-0.2, 0) is 14.8 Å². The number of amidine groups is 1. The van der Waals surface area contributed by atoms with Crippen molar-refractivity contribution in [1.29, 1.82) is 0 Å². The molecule has 0 fully saturated rings.